The highest BCUT2D eigenvalue weighted by atomic mass is 16.6. The van der Waals surface area contributed by atoms with Crippen LogP contribution >= 0.6 is 0 Å². The molecule has 0 heterocycles. The Bertz CT molecular complexity index is 329. The number of amides is 2. The molecule has 0 bridgehead atoms. The molecule has 0 saturated carbocycles. The van der Waals surface area contributed by atoms with Crippen molar-refractivity contribution < 1.29 is 14.3 Å². The Morgan fingerprint density at radius 3 is 2.41 bits per heavy atom. The fourth-order valence-electron chi connectivity index (χ4n) is 1.84. The molecule has 0 spiro atoms. The lowest BCUT2D eigenvalue weighted by Gasteiger charge is -2.21. The van der Waals surface area contributed by atoms with E-state index in [0.717, 1.165) is 32.4 Å². The van der Waals surface area contributed by atoms with Crippen LogP contribution in [-0.4, -0.2) is 50.4 Å². The second-order valence-electron chi connectivity index (χ2n) is 6.08. The zero-order valence-electron chi connectivity index (χ0n) is 14.5. The van der Waals surface area contributed by atoms with E-state index in [9.17, 15) is 9.59 Å². The Morgan fingerprint density at radius 2 is 1.86 bits per heavy atom. The van der Waals surface area contributed by atoms with Crippen molar-refractivity contribution >= 4 is 12.0 Å². The van der Waals surface area contributed by atoms with E-state index in [-0.39, 0.29) is 18.6 Å². The molecule has 22 heavy (non-hydrogen) atoms. The smallest absolute Gasteiger partial charge is 0.408 e. The van der Waals surface area contributed by atoms with Crippen LogP contribution in [0.1, 0.15) is 47.0 Å². The van der Waals surface area contributed by atoms with Crippen LogP contribution in [0.5, 0.6) is 0 Å². The van der Waals surface area contributed by atoms with Crippen LogP contribution in [0, 0.1) is 0 Å². The van der Waals surface area contributed by atoms with E-state index in [4.69, 9.17) is 4.74 Å². The summed E-state index contributed by atoms with van der Waals surface area (Å²) in [6.07, 6.45) is 2.18. The Kier molecular flexibility index (Phi) is 10.6. The molecule has 0 aromatic heterocycles. The number of carbonyl (C=O) groups is 2. The van der Waals surface area contributed by atoms with Crippen LogP contribution in [0.15, 0.2) is 0 Å². The van der Waals surface area contributed by atoms with Gasteiger partial charge < -0.3 is 20.7 Å². The average Bonchev–Trinajstić information content (AvgIpc) is 2.42. The van der Waals surface area contributed by atoms with E-state index in [1.165, 1.54) is 0 Å². The predicted molar refractivity (Wildman–Crippen MR) is 87.6 cm³/mol. The Morgan fingerprint density at radius 1 is 1.18 bits per heavy atom. The van der Waals surface area contributed by atoms with E-state index < -0.39 is 11.7 Å². The van der Waals surface area contributed by atoms with Crippen molar-refractivity contribution in [1.82, 2.24) is 21.3 Å². The molecule has 0 fully saturated rings. The van der Waals surface area contributed by atoms with Gasteiger partial charge in [-0.25, -0.2) is 4.79 Å². The van der Waals surface area contributed by atoms with Gasteiger partial charge in [0.25, 0.3) is 0 Å². The molecule has 0 aromatic carbocycles. The van der Waals surface area contributed by atoms with Crippen LogP contribution in [0.3, 0.4) is 0 Å². The molecule has 2 amide bonds. The van der Waals surface area contributed by atoms with Crippen LogP contribution < -0.4 is 21.3 Å². The van der Waals surface area contributed by atoms with E-state index in [1.807, 2.05) is 0 Å². The molecule has 0 aliphatic carbocycles. The summed E-state index contributed by atoms with van der Waals surface area (Å²) in [5.74, 6) is -0.0746. The molecule has 0 aromatic rings. The Hall–Kier alpha value is -1.34. The van der Waals surface area contributed by atoms with Crippen LogP contribution in [0.2, 0.25) is 0 Å². The number of alkyl carbamates (subject to hydrolysis) is 1. The lowest BCUT2D eigenvalue weighted by molar-refractivity contribution is -0.122. The minimum atomic E-state index is -0.531. The van der Waals surface area contributed by atoms with Gasteiger partial charge in [-0.1, -0.05) is 13.3 Å². The summed E-state index contributed by atoms with van der Waals surface area (Å²) in [7, 11) is 1.61. The van der Waals surface area contributed by atoms with Crippen molar-refractivity contribution in [1.29, 1.82) is 0 Å². The first-order valence-corrected chi connectivity index (χ1v) is 7.92. The lowest BCUT2D eigenvalue weighted by Crippen LogP contribution is -2.48. The van der Waals surface area contributed by atoms with Crippen molar-refractivity contribution in [2.75, 3.05) is 26.8 Å². The SMILES string of the molecule is CCNCCCCC(NCNC(=O)OC(C)(C)C)C(=O)NC. The molecule has 0 rings (SSSR count). The minimum absolute atomic E-state index is 0.0746. The normalized spacial score (nSPS) is 12.6. The third kappa shape index (κ3) is 11.3. The Labute approximate surface area is 133 Å². The maximum Gasteiger partial charge on any atom is 0.408 e. The number of nitrogens with one attached hydrogen (secondary N) is 4. The highest BCUT2D eigenvalue weighted by Gasteiger charge is 2.18. The van der Waals surface area contributed by atoms with Crippen LogP contribution in [-0.2, 0) is 9.53 Å². The monoisotopic (exact) mass is 316 g/mol. The summed E-state index contributed by atoms with van der Waals surface area (Å²) in [4.78, 5) is 23.3. The van der Waals surface area contributed by atoms with Gasteiger partial charge in [0.15, 0.2) is 0 Å². The van der Waals surface area contributed by atoms with Crippen molar-refractivity contribution in [3.05, 3.63) is 0 Å². The first-order chi connectivity index (χ1) is 10.3. The zero-order chi connectivity index (χ0) is 17.0. The highest BCUT2D eigenvalue weighted by molar-refractivity contribution is 5.81. The molecule has 0 saturated heterocycles. The quantitative estimate of drug-likeness (QED) is 0.356. The summed E-state index contributed by atoms with van der Waals surface area (Å²) < 4.78 is 5.13. The van der Waals surface area contributed by atoms with Gasteiger partial charge >= 0.3 is 6.09 Å². The summed E-state index contributed by atoms with van der Waals surface area (Å²) >= 11 is 0. The van der Waals surface area contributed by atoms with E-state index in [0.29, 0.717) is 0 Å². The molecule has 0 aliphatic rings. The third-order valence-electron chi connectivity index (χ3n) is 2.89. The topological polar surface area (TPSA) is 91.5 Å². The number of hydrogen-bond donors (Lipinski definition) is 4. The number of carbonyl (C=O) groups excluding carboxylic acids is 2. The number of rotatable bonds is 10. The predicted octanol–water partition coefficient (Wildman–Crippen LogP) is 0.953. The molecular formula is C15H32N4O3. The molecule has 130 valence electrons. The number of likely N-dealkylation sites (N-methyl/N-ethyl adjacent to an activating group) is 1. The fraction of sp³-hybridized carbons (Fsp3) is 0.867. The molecule has 1 atom stereocenters. The van der Waals surface area contributed by atoms with Gasteiger partial charge in [0.2, 0.25) is 5.91 Å². The fourth-order valence-corrected chi connectivity index (χ4v) is 1.84. The third-order valence-corrected chi connectivity index (χ3v) is 2.89. The molecule has 1 unspecified atom stereocenters. The lowest BCUT2D eigenvalue weighted by atomic mass is 10.1. The average molecular weight is 316 g/mol. The van der Waals surface area contributed by atoms with Crippen LogP contribution in [0.4, 0.5) is 4.79 Å². The van der Waals surface area contributed by atoms with Gasteiger partial charge in [-0.2, -0.15) is 0 Å². The van der Waals surface area contributed by atoms with Gasteiger partial charge in [0.05, 0.1) is 12.7 Å². The second-order valence-corrected chi connectivity index (χ2v) is 6.08. The first-order valence-electron chi connectivity index (χ1n) is 7.92. The zero-order valence-corrected chi connectivity index (χ0v) is 14.5. The molecule has 4 N–H and O–H groups in total. The van der Waals surface area contributed by atoms with Crippen molar-refractivity contribution in [3.8, 4) is 0 Å². The van der Waals surface area contributed by atoms with E-state index in [1.54, 1.807) is 27.8 Å². The first kappa shape index (κ1) is 20.7. The maximum atomic E-state index is 11.8. The standard InChI is InChI=1S/C15H32N4O3/c1-6-17-10-8-7-9-12(13(20)16-5)18-11-19-14(21)22-15(2,3)4/h12,17-18H,6-11H2,1-5H3,(H,16,20)(H,19,21). The maximum absolute atomic E-state index is 11.8. The van der Waals surface area contributed by atoms with Gasteiger partial charge in [-0.3, -0.25) is 10.1 Å². The number of unbranched alkanes of at least 4 members (excludes halogenated alkanes) is 1. The molecule has 0 aliphatic heterocycles. The van der Waals surface area contributed by atoms with E-state index in [2.05, 4.69) is 28.2 Å². The molecule has 7 heteroatoms. The van der Waals surface area contributed by atoms with Crippen molar-refractivity contribution in [2.45, 2.75) is 58.6 Å². The summed E-state index contributed by atoms with van der Waals surface area (Å²) in [6, 6.07) is -0.318. The highest BCUT2D eigenvalue weighted by Crippen LogP contribution is 2.06. The van der Waals surface area contributed by atoms with Crippen molar-refractivity contribution in [3.63, 3.8) is 0 Å². The number of ether oxygens (including phenoxy) is 1. The second kappa shape index (κ2) is 11.3. The van der Waals surface area contributed by atoms with Gasteiger partial charge in [0, 0.05) is 7.05 Å². The molecular weight excluding hydrogens is 284 g/mol. The van der Waals surface area contributed by atoms with Crippen LogP contribution in [0.25, 0.3) is 0 Å². The summed E-state index contributed by atoms with van der Waals surface area (Å²) in [5.41, 5.74) is -0.531. The van der Waals surface area contributed by atoms with Crippen molar-refractivity contribution in [2.24, 2.45) is 0 Å². The summed E-state index contributed by atoms with van der Waals surface area (Å²) in [6.45, 7) is 9.58. The molecule has 0 radical (unpaired) electrons. The van der Waals surface area contributed by atoms with Gasteiger partial charge in [-0.15, -0.1) is 0 Å². The Balaban J connectivity index is 4.04. The number of hydrogen-bond acceptors (Lipinski definition) is 5. The van der Waals surface area contributed by atoms with E-state index >= 15 is 0 Å². The molecule has 7 nitrogen and oxygen atoms in total. The largest absolute Gasteiger partial charge is 0.444 e. The minimum Gasteiger partial charge on any atom is -0.444 e. The summed E-state index contributed by atoms with van der Waals surface area (Å²) in [5, 5.41) is 11.5. The van der Waals surface area contributed by atoms with Gasteiger partial charge in [-0.05, 0) is 46.7 Å². The van der Waals surface area contributed by atoms with Gasteiger partial charge in [0.1, 0.15) is 5.60 Å².